The number of carbonyl (C=O) groups excluding carboxylic acids is 1. The normalized spacial score (nSPS) is 17.3. The molecule has 0 heterocycles. The lowest BCUT2D eigenvalue weighted by atomic mass is 10.0. The topological polar surface area (TPSA) is 55.6 Å². The zero-order valence-corrected chi connectivity index (χ0v) is 13.0. The molecule has 116 valence electrons. The SMILES string of the molecule is COCCN(C(=O)[C@H](N)Cc1ccccc1)C(C)C1CC1. The summed E-state index contributed by atoms with van der Waals surface area (Å²) in [6.07, 6.45) is 3.01. The Kier molecular flexibility index (Phi) is 5.76. The second kappa shape index (κ2) is 7.57. The molecule has 1 fully saturated rings. The van der Waals surface area contributed by atoms with Gasteiger partial charge in [-0.05, 0) is 37.7 Å². The van der Waals surface area contributed by atoms with Crippen LogP contribution in [0.5, 0.6) is 0 Å². The standard InChI is InChI=1S/C17H26N2O2/c1-13(15-8-9-15)19(10-11-21-2)17(20)16(18)12-14-6-4-3-5-7-14/h3-7,13,15-16H,8-12,18H2,1-2H3/t13?,16-/m1/s1. The number of benzene rings is 1. The lowest BCUT2D eigenvalue weighted by molar-refractivity contribution is -0.135. The predicted molar refractivity (Wildman–Crippen MR) is 83.9 cm³/mol. The van der Waals surface area contributed by atoms with Crippen molar-refractivity contribution in [3.05, 3.63) is 35.9 Å². The maximum atomic E-state index is 12.7. The van der Waals surface area contributed by atoms with Gasteiger partial charge in [-0.1, -0.05) is 30.3 Å². The van der Waals surface area contributed by atoms with Crippen LogP contribution < -0.4 is 5.73 Å². The van der Waals surface area contributed by atoms with E-state index in [1.807, 2.05) is 35.2 Å². The van der Waals surface area contributed by atoms with E-state index in [2.05, 4.69) is 6.92 Å². The summed E-state index contributed by atoms with van der Waals surface area (Å²) >= 11 is 0. The minimum atomic E-state index is -0.481. The zero-order valence-electron chi connectivity index (χ0n) is 13.0. The van der Waals surface area contributed by atoms with Crippen molar-refractivity contribution in [3.63, 3.8) is 0 Å². The highest BCUT2D eigenvalue weighted by molar-refractivity contribution is 5.82. The Labute approximate surface area is 127 Å². The molecule has 0 bridgehead atoms. The quantitative estimate of drug-likeness (QED) is 0.794. The van der Waals surface area contributed by atoms with E-state index in [0.717, 1.165) is 5.56 Å². The fourth-order valence-corrected chi connectivity index (χ4v) is 2.71. The van der Waals surface area contributed by atoms with Crippen molar-refractivity contribution >= 4 is 5.91 Å². The highest BCUT2D eigenvalue weighted by atomic mass is 16.5. The Hall–Kier alpha value is -1.39. The third-order valence-electron chi connectivity index (χ3n) is 4.23. The van der Waals surface area contributed by atoms with Gasteiger partial charge < -0.3 is 15.4 Å². The second-order valence-electron chi connectivity index (χ2n) is 5.90. The largest absolute Gasteiger partial charge is 0.383 e. The summed E-state index contributed by atoms with van der Waals surface area (Å²) in [6.45, 7) is 3.30. The minimum absolute atomic E-state index is 0.0373. The van der Waals surface area contributed by atoms with E-state index in [1.54, 1.807) is 7.11 Å². The van der Waals surface area contributed by atoms with Crippen LogP contribution in [0.4, 0.5) is 0 Å². The molecule has 1 aliphatic carbocycles. The van der Waals surface area contributed by atoms with Crippen molar-refractivity contribution in [2.75, 3.05) is 20.3 Å². The van der Waals surface area contributed by atoms with Crippen LogP contribution in [0.15, 0.2) is 30.3 Å². The van der Waals surface area contributed by atoms with E-state index in [0.29, 0.717) is 25.5 Å². The maximum Gasteiger partial charge on any atom is 0.240 e. The number of nitrogens with zero attached hydrogens (tertiary/aromatic N) is 1. The van der Waals surface area contributed by atoms with E-state index < -0.39 is 6.04 Å². The van der Waals surface area contributed by atoms with Gasteiger partial charge in [0.1, 0.15) is 0 Å². The summed E-state index contributed by atoms with van der Waals surface area (Å²) in [5.74, 6) is 0.671. The number of rotatable bonds is 8. The zero-order chi connectivity index (χ0) is 15.2. The lowest BCUT2D eigenvalue weighted by Gasteiger charge is -2.31. The Balaban J connectivity index is 1.98. The molecule has 2 rings (SSSR count). The first-order chi connectivity index (χ1) is 10.1. The molecule has 2 atom stereocenters. The Morgan fingerprint density at radius 2 is 2.05 bits per heavy atom. The third kappa shape index (κ3) is 4.55. The van der Waals surface area contributed by atoms with Crippen LogP contribution in [0, 0.1) is 5.92 Å². The first-order valence-electron chi connectivity index (χ1n) is 7.72. The van der Waals surface area contributed by atoms with Gasteiger partial charge in [0.2, 0.25) is 5.91 Å². The molecular weight excluding hydrogens is 264 g/mol. The van der Waals surface area contributed by atoms with Gasteiger partial charge in [0, 0.05) is 19.7 Å². The molecule has 0 radical (unpaired) electrons. The molecule has 4 heteroatoms. The van der Waals surface area contributed by atoms with Gasteiger partial charge in [-0.3, -0.25) is 4.79 Å². The molecule has 1 aromatic rings. The van der Waals surface area contributed by atoms with Crippen molar-refractivity contribution < 1.29 is 9.53 Å². The van der Waals surface area contributed by atoms with E-state index in [-0.39, 0.29) is 11.9 Å². The number of hydrogen-bond acceptors (Lipinski definition) is 3. The van der Waals surface area contributed by atoms with Gasteiger partial charge in [0.05, 0.1) is 12.6 Å². The predicted octanol–water partition coefficient (Wildman–Crippen LogP) is 1.83. The average Bonchev–Trinajstić information content (AvgIpc) is 3.32. The first kappa shape index (κ1) is 16.0. The molecule has 1 amide bonds. The summed E-state index contributed by atoms with van der Waals surface area (Å²) < 4.78 is 5.14. The van der Waals surface area contributed by atoms with Crippen molar-refractivity contribution in [2.45, 2.75) is 38.3 Å². The minimum Gasteiger partial charge on any atom is -0.383 e. The van der Waals surface area contributed by atoms with Gasteiger partial charge in [-0.15, -0.1) is 0 Å². The molecule has 1 unspecified atom stereocenters. The number of carbonyl (C=O) groups is 1. The number of amides is 1. The van der Waals surface area contributed by atoms with Crippen molar-refractivity contribution in [3.8, 4) is 0 Å². The summed E-state index contributed by atoms with van der Waals surface area (Å²) in [6, 6.07) is 9.72. The van der Waals surface area contributed by atoms with Gasteiger partial charge in [0.25, 0.3) is 0 Å². The smallest absolute Gasteiger partial charge is 0.240 e. The molecule has 0 aromatic heterocycles. The molecule has 0 spiro atoms. The molecule has 21 heavy (non-hydrogen) atoms. The summed E-state index contributed by atoms with van der Waals surface area (Å²) in [5, 5.41) is 0. The second-order valence-corrected chi connectivity index (χ2v) is 5.90. The van der Waals surface area contributed by atoms with E-state index in [9.17, 15) is 4.79 Å². The van der Waals surface area contributed by atoms with Gasteiger partial charge in [-0.2, -0.15) is 0 Å². The van der Waals surface area contributed by atoms with E-state index >= 15 is 0 Å². The molecule has 1 aliphatic rings. The van der Waals surface area contributed by atoms with Crippen LogP contribution in [0.25, 0.3) is 0 Å². The summed E-state index contributed by atoms with van der Waals surface area (Å²) in [5.41, 5.74) is 7.25. The fourth-order valence-electron chi connectivity index (χ4n) is 2.71. The van der Waals surface area contributed by atoms with Crippen molar-refractivity contribution in [1.29, 1.82) is 0 Å². The van der Waals surface area contributed by atoms with Crippen LogP contribution in [0.2, 0.25) is 0 Å². The monoisotopic (exact) mass is 290 g/mol. The fraction of sp³-hybridized carbons (Fsp3) is 0.588. The Morgan fingerprint density at radius 1 is 1.38 bits per heavy atom. The van der Waals surface area contributed by atoms with Crippen LogP contribution in [0.3, 0.4) is 0 Å². The van der Waals surface area contributed by atoms with Crippen LogP contribution in [-0.4, -0.2) is 43.2 Å². The first-order valence-corrected chi connectivity index (χ1v) is 7.72. The highest BCUT2D eigenvalue weighted by Crippen LogP contribution is 2.35. The van der Waals surface area contributed by atoms with Gasteiger partial charge >= 0.3 is 0 Å². The van der Waals surface area contributed by atoms with Crippen LogP contribution >= 0.6 is 0 Å². The number of hydrogen-bond donors (Lipinski definition) is 1. The number of nitrogens with two attached hydrogens (primary N) is 1. The average molecular weight is 290 g/mol. The Morgan fingerprint density at radius 3 is 2.62 bits per heavy atom. The van der Waals surface area contributed by atoms with Crippen LogP contribution in [0.1, 0.15) is 25.3 Å². The molecule has 0 saturated heterocycles. The van der Waals surface area contributed by atoms with E-state index in [1.165, 1.54) is 12.8 Å². The number of methoxy groups -OCH3 is 1. The van der Waals surface area contributed by atoms with Gasteiger partial charge in [0.15, 0.2) is 0 Å². The highest BCUT2D eigenvalue weighted by Gasteiger charge is 2.35. The maximum absolute atomic E-state index is 12.7. The summed E-state index contributed by atoms with van der Waals surface area (Å²) in [4.78, 5) is 14.6. The third-order valence-corrected chi connectivity index (χ3v) is 4.23. The summed E-state index contributed by atoms with van der Waals surface area (Å²) in [7, 11) is 1.66. The van der Waals surface area contributed by atoms with Crippen molar-refractivity contribution in [2.24, 2.45) is 11.7 Å². The molecular formula is C17H26N2O2. The molecule has 1 aromatic carbocycles. The molecule has 4 nitrogen and oxygen atoms in total. The van der Waals surface area contributed by atoms with Crippen molar-refractivity contribution in [1.82, 2.24) is 4.90 Å². The molecule has 0 aliphatic heterocycles. The van der Waals surface area contributed by atoms with Gasteiger partial charge in [-0.25, -0.2) is 0 Å². The lowest BCUT2D eigenvalue weighted by Crippen LogP contribution is -2.50. The van der Waals surface area contributed by atoms with E-state index in [4.69, 9.17) is 10.5 Å². The number of ether oxygens (including phenoxy) is 1. The Bertz CT molecular complexity index is 445. The molecule has 2 N–H and O–H groups in total. The van der Waals surface area contributed by atoms with Crippen LogP contribution in [-0.2, 0) is 16.0 Å². The molecule has 1 saturated carbocycles.